The molecule has 0 aliphatic carbocycles. The van der Waals surface area contributed by atoms with Gasteiger partial charge in [-0.05, 0) is 39.3 Å². The lowest BCUT2D eigenvalue weighted by atomic mass is 10.0. The molecule has 0 aliphatic rings. The zero-order chi connectivity index (χ0) is 14.5. The highest BCUT2D eigenvalue weighted by Gasteiger charge is 2.18. The predicted molar refractivity (Wildman–Crippen MR) is 84.2 cm³/mol. The molecule has 2 aromatic rings. The summed E-state index contributed by atoms with van der Waals surface area (Å²) in [7, 11) is 1.98. The molecule has 0 aliphatic heterocycles. The zero-order valence-electron chi connectivity index (χ0n) is 12.4. The van der Waals surface area contributed by atoms with Gasteiger partial charge in [-0.3, -0.25) is 4.68 Å². The van der Waals surface area contributed by atoms with E-state index in [1.807, 2.05) is 11.7 Å². The van der Waals surface area contributed by atoms with E-state index in [0.717, 1.165) is 30.1 Å². The highest BCUT2D eigenvalue weighted by molar-refractivity contribution is 6.31. The van der Waals surface area contributed by atoms with E-state index in [2.05, 4.69) is 48.5 Å². The maximum absolute atomic E-state index is 6.28. The Morgan fingerprint density at radius 1 is 1.30 bits per heavy atom. The molecule has 1 N–H and O–H groups in total. The molecule has 1 aromatic heterocycles. The van der Waals surface area contributed by atoms with Crippen molar-refractivity contribution in [3.8, 4) is 0 Å². The molecule has 0 fully saturated rings. The summed E-state index contributed by atoms with van der Waals surface area (Å²) in [5.74, 6) is 0. The van der Waals surface area contributed by atoms with Crippen molar-refractivity contribution in [2.24, 2.45) is 0 Å². The third-order valence-corrected chi connectivity index (χ3v) is 3.94. The lowest BCUT2D eigenvalue weighted by Gasteiger charge is -2.18. The standard InChI is InChI=1S/C16H22ClN3/c1-4-20-16(14(17)11-19-20)15(18-3)10-9-13-7-5-12(2)6-8-13/h5-8,11,15,18H,4,9-10H2,1-3H3. The summed E-state index contributed by atoms with van der Waals surface area (Å²) in [4.78, 5) is 0. The third kappa shape index (κ3) is 3.41. The molecular weight excluding hydrogens is 270 g/mol. The van der Waals surface area contributed by atoms with Crippen molar-refractivity contribution < 1.29 is 0 Å². The molecule has 4 heteroatoms. The number of nitrogens with zero attached hydrogens (tertiary/aromatic N) is 2. The van der Waals surface area contributed by atoms with Crippen LogP contribution in [0.5, 0.6) is 0 Å². The van der Waals surface area contributed by atoms with Crippen molar-refractivity contribution in [3.63, 3.8) is 0 Å². The first-order chi connectivity index (χ1) is 9.65. The van der Waals surface area contributed by atoms with E-state index in [1.165, 1.54) is 11.1 Å². The van der Waals surface area contributed by atoms with Gasteiger partial charge in [0.25, 0.3) is 0 Å². The molecule has 20 heavy (non-hydrogen) atoms. The Morgan fingerprint density at radius 2 is 2.00 bits per heavy atom. The van der Waals surface area contributed by atoms with Gasteiger partial charge in [-0.25, -0.2) is 0 Å². The van der Waals surface area contributed by atoms with E-state index >= 15 is 0 Å². The summed E-state index contributed by atoms with van der Waals surface area (Å²) in [6, 6.07) is 8.94. The van der Waals surface area contributed by atoms with Gasteiger partial charge >= 0.3 is 0 Å². The molecule has 0 saturated heterocycles. The molecule has 1 heterocycles. The van der Waals surface area contributed by atoms with Gasteiger partial charge in [0.05, 0.1) is 23.0 Å². The van der Waals surface area contributed by atoms with Gasteiger partial charge in [0, 0.05) is 6.54 Å². The second-order valence-electron chi connectivity index (χ2n) is 5.06. The fourth-order valence-electron chi connectivity index (χ4n) is 2.45. The number of hydrogen-bond acceptors (Lipinski definition) is 2. The second kappa shape index (κ2) is 6.91. The van der Waals surface area contributed by atoms with Gasteiger partial charge < -0.3 is 5.32 Å². The SMILES string of the molecule is CCn1ncc(Cl)c1C(CCc1ccc(C)cc1)NC. The van der Waals surface area contributed by atoms with Crippen molar-refractivity contribution in [2.45, 2.75) is 39.3 Å². The minimum Gasteiger partial charge on any atom is -0.312 e. The van der Waals surface area contributed by atoms with Crippen LogP contribution in [0.4, 0.5) is 0 Å². The number of aryl methyl sites for hydroxylation is 3. The molecule has 1 atom stereocenters. The van der Waals surface area contributed by atoms with Crippen LogP contribution in [0.1, 0.15) is 36.2 Å². The van der Waals surface area contributed by atoms with Crippen molar-refractivity contribution in [2.75, 3.05) is 7.05 Å². The molecule has 0 radical (unpaired) electrons. The van der Waals surface area contributed by atoms with E-state index < -0.39 is 0 Å². The van der Waals surface area contributed by atoms with Crippen LogP contribution in [0.15, 0.2) is 30.5 Å². The Morgan fingerprint density at radius 3 is 2.60 bits per heavy atom. The van der Waals surface area contributed by atoms with Crippen LogP contribution < -0.4 is 5.32 Å². The first-order valence-corrected chi connectivity index (χ1v) is 7.47. The predicted octanol–water partition coefficient (Wildman–Crippen LogP) is 3.76. The summed E-state index contributed by atoms with van der Waals surface area (Å²) < 4.78 is 1.97. The van der Waals surface area contributed by atoms with Crippen LogP contribution in [0, 0.1) is 6.92 Å². The highest BCUT2D eigenvalue weighted by Crippen LogP contribution is 2.26. The van der Waals surface area contributed by atoms with Crippen LogP contribution in [0.2, 0.25) is 5.02 Å². The van der Waals surface area contributed by atoms with E-state index in [9.17, 15) is 0 Å². The lowest BCUT2D eigenvalue weighted by molar-refractivity contribution is 0.489. The molecule has 0 saturated carbocycles. The largest absolute Gasteiger partial charge is 0.312 e. The molecule has 108 valence electrons. The van der Waals surface area contributed by atoms with Gasteiger partial charge in [-0.15, -0.1) is 0 Å². The minimum atomic E-state index is 0.228. The zero-order valence-corrected chi connectivity index (χ0v) is 13.1. The summed E-state index contributed by atoms with van der Waals surface area (Å²) in [5.41, 5.74) is 3.74. The van der Waals surface area contributed by atoms with E-state index in [-0.39, 0.29) is 6.04 Å². The monoisotopic (exact) mass is 291 g/mol. The Balaban J connectivity index is 2.09. The van der Waals surface area contributed by atoms with E-state index in [4.69, 9.17) is 11.6 Å². The molecular formula is C16H22ClN3. The maximum Gasteiger partial charge on any atom is 0.0834 e. The smallest absolute Gasteiger partial charge is 0.0834 e. The van der Waals surface area contributed by atoms with E-state index in [1.54, 1.807) is 6.20 Å². The van der Waals surface area contributed by atoms with Crippen LogP contribution in [0.3, 0.4) is 0 Å². The molecule has 0 bridgehead atoms. The summed E-state index contributed by atoms with van der Waals surface area (Å²) >= 11 is 6.28. The Labute approximate surface area is 126 Å². The van der Waals surface area contributed by atoms with Gasteiger partial charge in [-0.2, -0.15) is 5.10 Å². The number of benzene rings is 1. The summed E-state index contributed by atoms with van der Waals surface area (Å²) in [5, 5.41) is 8.42. The molecule has 0 amide bonds. The third-order valence-electron chi connectivity index (χ3n) is 3.65. The van der Waals surface area contributed by atoms with Gasteiger partial charge in [-0.1, -0.05) is 41.4 Å². The number of aromatic nitrogens is 2. The Bertz CT molecular complexity index is 545. The van der Waals surface area contributed by atoms with Crippen molar-refractivity contribution in [1.29, 1.82) is 0 Å². The quantitative estimate of drug-likeness (QED) is 0.878. The van der Waals surface area contributed by atoms with Crippen molar-refractivity contribution in [3.05, 3.63) is 52.3 Å². The van der Waals surface area contributed by atoms with Crippen molar-refractivity contribution >= 4 is 11.6 Å². The normalized spacial score (nSPS) is 12.6. The average Bonchev–Trinajstić information content (AvgIpc) is 2.83. The Kier molecular flexibility index (Phi) is 5.21. The molecule has 1 unspecified atom stereocenters. The number of nitrogens with one attached hydrogen (secondary N) is 1. The van der Waals surface area contributed by atoms with Crippen molar-refractivity contribution in [1.82, 2.24) is 15.1 Å². The average molecular weight is 292 g/mol. The minimum absolute atomic E-state index is 0.228. The Hall–Kier alpha value is -1.32. The molecule has 0 spiro atoms. The van der Waals surface area contributed by atoms with Gasteiger partial charge in [0.1, 0.15) is 0 Å². The van der Waals surface area contributed by atoms with Crippen LogP contribution >= 0.6 is 11.6 Å². The number of hydrogen-bond donors (Lipinski definition) is 1. The number of halogens is 1. The second-order valence-corrected chi connectivity index (χ2v) is 5.47. The van der Waals surface area contributed by atoms with Crippen LogP contribution in [-0.4, -0.2) is 16.8 Å². The summed E-state index contributed by atoms with van der Waals surface area (Å²) in [6.07, 6.45) is 3.76. The summed E-state index contributed by atoms with van der Waals surface area (Å²) in [6.45, 7) is 5.03. The fraction of sp³-hybridized carbons (Fsp3) is 0.438. The topological polar surface area (TPSA) is 29.9 Å². The molecule has 2 rings (SSSR count). The first kappa shape index (κ1) is 15.1. The molecule has 1 aromatic carbocycles. The highest BCUT2D eigenvalue weighted by atomic mass is 35.5. The van der Waals surface area contributed by atoms with Gasteiger partial charge in [0.15, 0.2) is 0 Å². The number of rotatable bonds is 6. The fourth-order valence-corrected chi connectivity index (χ4v) is 2.73. The van der Waals surface area contributed by atoms with E-state index in [0.29, 0.717) is 0 Å². The van der Waals surface area contributed by atoms with Crippen LogP contribution in [-0.2, 0) is 13.0 Å². The maximum atomic E-state index is 6.28. The van der Waals surface area contributed by atoms with Crippen LogP contribution in [0.25, 0.3) is 0 Å². The van der Waals surface area contributed by atoms with Gasteiger partial charge in [0.2, 0.25) is 0 Å². The lowest BCUT2D eigenvalue weighted by Crippen LogP contribution is -2.21. The first-order valence-electron chi connectivity index (χ1n) is 7.09. The molecule has 3 nitrogen and oxygen atoms in total.